The lowest BCUT2D eigenvalue weighted by Crippen LogP contribution is -2.33. The van der Waals surface area contributed by atoms with E-state index in [1.165, 1.54) is 24.5 Å². The Bertz CT molecular complexity index is 1910. The summed E-state index contributed by atoms with van der Waals surface area (Å²) in [4.78, 5) is 50.8. The van der Waals surface area contributed by atoms with E-state index in [0.717, 1.165) is 42.6 Å². The van der Waals surface area contributed by atoms with Crippen LogP contribution in [0.1, 0.15) is 42.7 Å². The standard InChI is InChI=1S/C33H38F3N7O5S/c1-5-37-32(47)40-28-13-21(30-39-27(18-49-30)33(34,35)36)23(15-38-28)20-12-22-25(14-26(20)48-11-10-41(3)4)43(17-24(29(22)44)31(45)46)16-19-8-7-9-42(19)6-2/h12-15,17-19H,5-11,16H2,1-4H3,(H,45,46)(H2,37,38,40,47). The summed E-state index contributed by atoms with van der Waals surface area (Å²) in [5.74, 6) is -1.01. The number of hydrogen-bond donors (Lipinski definition) is 3. The Morgan fingerprint density at radius 1 is 1.16 bits per heavy atom. The summed E-state index contributed by atoms with van der Waals surface area (Å²) in [5, 5.41) is 16.1. The third kappa shape index (κ3) is 8.03. The Kier molecular flexibility index (Phi) is 10.9. The Hall–Kier alpha value is -4.54. The molecule has 0 radical (unpaired) electrons. The van der Waals surface area contributed by atoms with Gasteiger partial charge in [0.25, 0.3) is 0 Å². The fraction of sp³-hybridized carbons (Fsp3) is 0.424. The minimum atomic E-state index is -4.70. The molecule has 3 N–H and O–H groups in total. The first-order chi connectivity index (χ1) is 23.3. The predicted octanol–water partition coefficient (Wildman–Crippen LogP) is 5.47. The molecule has 1 aromatic carbocycles. The summed E-state index contributed by atoms with van der Waals surface area (Å²) < 4.78 is 49.0. The second-order valence-corrected chi connectivity index (χ2v) is 12.8. The van der Waals surface area contributed by atoms with Gasteiger partial charge in [-0.25, -0.2) is 19.6 Å². The molecule has 1 atom stereocenters. The maximum Gasteiger partial charge on any atom is 0.434 e. The number of urea groups is 1. The van der Waals surface area contributed by atoms with Crippen molar-refractivity contribution >= 4 is 40.1 Å². The van der Waals surface area contributed by atoms with Crippen LogP contribution in [0, 0.1) is 0 Å². The maximum absolute atomic E-state index is 13.7. The first-order valence-electron chi connectivity index (χ1n) is 15.8. The van der Waals surface area contributed by atoms with Crippen LogP contribution in [0.5, 0.6) is 5.75 Å². The molecule has 1 saturated heterocycles. The number of alkyl halides is 3. The Balaban J connectivity index is 1.76. The summed E-state index contributed by atoms with van der Waals surface area (Å²) in [6.07, 6.45) is -0.0563. The number of anilines is 1. The average molecular weight is 702 g/mol. The van der Waals surface area contributed by atoms with Crippen LogP contribution in [0.15, 0.2) is 40.8 Å². The van der Waals surface area contributed by atoms with Gasteiger partial charge in [0.1, 0.15) is 28.7 Å². The van der Waals surface area contributed by atoms with E-state index in [1.807, 2.05) is 19.0 Å². The van der Waals surface area contributed by atoms with E-state index in [0.29, 0.717) is 36.5 Å². The van der Waals surface area contributed by atoms with E-state index >= 15 is 0 Å². The number of ether oxygens (including phenoxy) is 1. The van der Waals surface area contributed by atoms with Crippen LogP contribution in [0.25, 0.3) is 32.6 Å². The van der Waals surface area contributed by atoms with Crippen LogP contribution in [-0.2, 0) is 12.7 Å². The lowest BCUT2D eigenvalue weighted by Gasteiger charge is -2.25. The lowest BCUT2D eigenvalue weighted by molar-refractivity contribution is -0.140. The number of aromatic nitrogens is 3. The van der Waals surface area contributed by atoms with Crippen LogP contribution in [0.3, 0.4) is 0 Å². The first-order valence-corrected chi connectivity index (χ1v) is 16.7. The zero-order valence-corrected chi connectivity index (χ0v) is 28.4. The highest BCUT2D eigenvalue weighted by Crippen LogP contribution is 2.42. The van der Waals surface area contributed by atoms with Crippen molar-refractivity contribution in [2.24, 2.45) is 0 Å². The quantitative estimate of drug-likeness (QED) is 0.175. The summed E-state index contributed by atoms with van der Waals surface area (Å²) in [5.41, 5.74) is -0.990. The summed E-state index contributed by atoms with van der Waals surface area (Å²) >= 11 is 0.757. The molecular formula is C33H38F3N7O5S. The second kappa shape index (κ2) is 14.9. The summed E-state index contributed by atoms with van der Waals surface area (Å²) in [6.45, 7) is 7.05. The van der Waals surface area contributed by atoms with Gasteiger partial charge in [-0.3, -0.25) is 15.0 Å². The number of nitrogens with one attached hydrogen (secondary N) is 2. The molecule has 49 heavy (non-hydrogen) atoms. The lowest BCUT2D eigenvalue weighted by atomic mass is 9.98. The molecule has 2 amide bonds. The number of carboxylic acids is 1. The van der Waals surface area contributed by atoms with Gasteiger partial charge in [-0.1, -0.05) is 6.92 Å². The van der Waals surface area contributed by atoms with Gasteiger partial charge in [-0.2, -0.15) is 13.2 Å². The molecule has 12 nitrogen and oxygen atoms in total. The van der Waals surface area contributed by atoms with Gasteiger partial charge in [0.2, 0.25) is 5.43 Å². The molecule has 4 aromatic rings. The van der Waals surface area contributed by atoms with Crippen molar-refractivity contribution in [1.29, 1.82) is 0 Å². The van der Waals surface area contributed by atoms with E-state index in [2.05, 4.69) is 32.4 Å². The fourth-order valence-corrected chi connectivity index (χ4v) is 6.75. The number of carboxylic acid groups (broad SMARTS) is 1. The number of amides is 2. The molecule has 1 aliphatic heterocycles. The van der Waals surface area contributed by atoms with E-state index in [4.69, 9.17) is 4.74 Å². The van der Waals surface area contributed by atoms with Gasteiger partial charge < -0.3 is 24.6 Å². The van der Waals surface area contributed by atoms with Crippen LogP contribution >= 0.6 is 11.3 Å². The van der Waals surface area contributed by atoms with E-state index in [1.54, 1.807) is 17.6 Å². The summed E-state index contributed by atoms with van der Waals surface area (Å²) in [7, 11) is 3.75. The van der Waals surface area contributed by atoms with Gasteiger partial charge >= 0.3 is 18.2 Å². The molecule has 1 fully saturated rings. The number of carbonyl (C=O) groups excluding carboxylic acids is 1. The number of hydrogen-bond acceptors (Lipinski definition) is 9. The number of benzene rings is 1. The van der Waals surface area contributed by atoms with Crippen molar-refractivity contribution < 1.29 is 32.6 Å². The molecule has 0 spiro atoms. The number of aromatic carboxylic acids is 1. The third-order valence-corrected chi connectivity index (χ3v) is 9.19. The number of fused-ring (bicyclic) bond motifs is 1. The SMILES string of the molecule is CCNC(=O)Nc1cc(-c2nc(C(F)(F)F)cs2)c(-c2cc3c(=O)c(C(=O)O)cn(CC4CCCN4CC)c3cc2OCCN(C)C)cn1. The molecule has 0 bridgehead atoms. The van der Waals surface area contributed by atoms with E-state index in [9.17, 15) is 32.7 Å². The van der Waals surface area contributed by atoms with Gasteiger partial charge in [0, 0.05) is 71.6 Å². The minimum Gasteiger partial charge on any atom is -0.492 e. The number of likely N-dealkylation sites (N-methyl/N-ethyl adjacent to an activating group) is 2. The number of rotatable bonds is 12. The highest BCUT2D eigenvalue weighted by atomic mass is 32.1. The molecular weight excluding hydrogens is 663 g/mol. The van der Waals surface area contributed by atoms with Crippen molar-refractivity contribution in [2.45, 2.75) is 45.5 Å². The second-order valence-electron chi connectivity index (χ2n) is 11.9. The Morgan fingerprint density at radius 2 is 1.94 bits per heavy atom. The molecule has 16 heteroatoms. The number of carbonyl (C=O) groups is 2. The topological polar surface area (TPSA) is 142 Å². The van der Waals surface area contributed by atoms with E-state index < -0.39 is 34.9 Å². The molecule has 0 aliphatic carbocycles. The predicted molar refractivity (Wildman–Crippen MR) is 182 cm³/mol. The number of likely N-dealkylation sites (tertiary alicyclic amines) is 1. The maximum atomic E-state index is 13.7. The molecule has 262 valence electrons. The normalized spacial score (nSPS) is 15.2. The minimum absolute atomic E-state index is 0.0133. The zero-order valence-electron chi connectivity index (χ0n) is 27.6. The number of halogens is 3. The highest BCUT2D eigenvalue weighted by molar-refractivity contribution is 7.13. The Labute approximate surface area is 284 Å². The van der Waals surface area contributed by atoms with E-state index in [-0.39, 0.29) is 40.0 Å². The van der Waals surface area contributed by atoms with Crippen LogP contribution in [-0.4, -0.2) is 94.4 Å². The molecule has 1 unspecified atom stereocenters. The van der Waals surface area contributed by atoms with Gasteiger partial charge in [-0.05, 0) is 59.1 Å². The average Bonchev–Trinajstić information content (AvgIpc) is 3.72. The van der Waals surface area contributed by atoms with Gasteiger partial charge in [0.05, 0.1) is 5.52 Å². The summed E-state index contributed by atoms with van der Waals surface area (Å²) in [6, 6.07) is 4.15. The van der Waals surface area contributed by atoms with Gasteiger partial charge in [0.15, 0.2) is 5.69 Å². The molecule has 4 heterocycles. The highest BCUT2D eigenvalue weighted by Gasteiger charge is 2.34. The van der Waals surface area contributed by atoms with Crippen molar-refractivity contribution in [2.75, 3.05) is 52.2 Å². The van der Waals surface area contributed by atoms with Gasteiger partial charge in [-0.15, -0.1) is 11.3 Å². The van der Waals surface area contributed by atoms with Crippen LogP contribution in [0.2, 0.25) is 0 Å². The number of thiazole rings is 1. The Morgan fingerprint density at radius 3 is 2.59 bits per heavy atom. The van der Waals surface area contributed by atoms with Crippen LogP contribution < -0.4 is 20.8 Å². The largest absolute Gasteiger partial charge is 0.492 e. The van der Waals surface area contributed by atoms with Crippen molar-refractivity contribution in [3.05, 3.63) is 57.5 Å². The monoisotopic (exact) mass is 701 g/mol. The smallest absolute Gasteiger partial charge is 0.434 e. The third-order valence-electron chi connectivity index (χ3n) is 8.32. The number of nitrogens with zero attached hydrogens (tertiary/aromatic N) is 5. The van der Waals surface area contributed by atoms with Crippen molar-refractivity contribution in [3.8, 4) is 27.4 Å². The number of pyridine rings is 2. The molecule has 5 rings (SSSR count). The van der Waals surface area contributed by atoms with Crippen molar-refractivity contribution in [1.82, 2.24) is 29.7 Å². The molecule has 1 aliphatic rings. The van der Waals surface area contributed by atoms with Crippen molar-refractivity contribution in [3.63, 3.8) is 0 Å². The first kappa shape index (κ1) is 35.8. The van der Waals surface area contributed by atoms with Crippen LogP contribution in [0.4, 0.5) is 23.8 Å². The fourth-order valence-electron chi connectivity index (χ4n) is 5.90. The zero-order chi connectivity index (χ0) is 35.5. The molecule has 3 aromatic heterocycles. The molecule has 0 saturated carbocycles.